The van der Waals surface area contributed by atoms with Crippen LogP contribution in [-0.2, 0) is 32.5 Å². The van der Waals surface area contributed by atoms with E-state index < -0.39 is 28.6 Å². The number of aryl methyl sites for hydroxylation is 1. The van der Waals surface area contributed by atoms with Gasteiger partial charge in [-0.1, -0.05) is 38.0 Å². The smallest absolute Gasteiger partial charge is 0.324 e. The van der Waals surface area contributed by atoms with Crippen molar-refractivity contribution in [1.82, 2.24) is 4.57 Å². The summed E-state index contributed by atoms with van der Waals surface area (Å²) in [6.07, 6.45) is 3.72. The highest BCUT2D eigenvalue weighted by Crippen LogP contribution is 2.50. The van der Waals surface area contributed by atoms with E-state index in [2.05, 4.69) is 29.7 Å². The second kappa shape index (κ2) is 8.57. The van der Waals surface area contributed by atoms with Crippen LogP contribution in [0.25, 0.3) is 10.9 Å². The highest BCUT2D eigenvalue weighted by molar-refractivity contribution is 6.02. The molecule has 1 aliphatic carbocycles. The normalized spacial score (nSPS) is 18.3. The number of carbonyl (C=O) groups excluding carboxylic acids is 2. The Kier molecular flexibility index (Phi) is 6.52. The fourth-order valence-electron chi connectivity index (χ4n) is 4.87. The van der Waals surface area contributed by atoms with Gasteiger partial charge in [-0.2, -0.15) is 0 Å². The molecule has 0 unspecified atom stereocenters. The molecule has 176 valence electrons. The number of hydrogen-bond donors (Lipinski definition) is 0. The maximum atomic E-state index is 13.7. The van der Waals surface area contributed by atoms with Gasteiger partial charge in [0.2, 0.25) is 0 Å². The van der Waals surface area contributed by atoms with Gasteiger partial charge in [-0.15, -0.1) is 0 Å². The summed E-state index contributed by atoms with van der Waals surface area (Å²) >= 11 is 0. The number of benzene rings is 1. The van der Waals surface area contributed by atoms with E-state index in [1.54, 1.807) is 0 Å². The van der Waals surface area contributed by atoms with Gasteiger partial charge in [0.15, 0.2) is 5.41 Å². The highest BCUT2D eigenvalue weighted by atomic mass is 16.6. The van der Waals surface area contributed by atoms with Gasteiger partial charge in [0, 0.05) is 30.1 Å². The second-order valence-corrected chi connectivity index (χ2v) is 11.2. The van der Waals surface area contributed by atoms with E-state index in [0.717, 1.165) is 30.5 Å². The van der Waals surface area contributed by atoms with Gasteiger partial charge < -0.3 is 14.0 Å². The lowest BCUT2D eigenvalue weighted by atomic mass is 9.67. The van der Waals surface area contributed by atoms with Crippen LogP contribution in [0.5, 0.6) is 0 Å². The minimum absolute atomic E-state index is 0.0878. The Morgan fingerprint density at radius 1 is 1.03 bits per heavy atom. The number of aromatic nitrogens is 1. The summed E-state index contributed by atoms with van der Waals surface area (Å²) < 4.78 is 13.8. The minimum Gasteiger partial charge on any atom is -0.459 e. The Balaban J connectivity index is 2.20. The zero-order valence-corrected chi connectivity index (χ0v) is 21.0. The lowest BCUT2D eigenvalue weighted by molar-refractivity contribution is -0.187. The summed E-state index contributed by atoms with van der Waals surface area (Å²) in [6, 6.07) is 8.35. The van der Waals surface area contributed by atoms with E-state index in [0.29, 0.717) is 12.8 Å². The van der Waals surface area contributed by atoms with E-state index in [-0.39, 0.29) is 5.92 Å². The average Bonchev–Trinajstić information content (AvgIpc) is 2.96. The van der Waals surface area contributed by atoms with Gasteiger partial charge in [0.05, 0.1) is 0 Å². The number of fused-ring (bicyclic) bond motifs is 3. The molecule has 0 fully saturated rings. The molecule has 0 radical (unpaired) electrons. The van der Waals surface area contributed by atoms with Gasteiger partial charge in [-0.05, 0) is 71.9 Å². The lowest BCUT2D eigenvalue weighted by Gasteiger charge is -2.40. The van der Waals surface area contributed by atoms with Crippen LogP contribution in [0.2, 0.25) is 0 Å². The van der Waals surface area contributed by atoms with Crippen LogP contribution < -0.4 is 0 Å². The molecule has 0 spiro atoms. The van der Waals surface area contributed by atoms with Gasteiger partial charge in [0.25, 0.3) is 0 Å². The van der Waals surface area contributed by atoms with Crippen molar-refractivity contribution in [3.8, 4) is 0 Å². The number of hydrogen-bond acceptors (Lipinski definition) is 4. The fourth-order valence-corrected chi connectivity index (χ4v) is 4.87. The zero-order valence-electron chi connectivity index (χ0n) is 21.0. The molecule has 3 rings (SSSR count). The summed E-state index contributed by atoms with van der Waals surface area (Å²) in [6.45, 7) is 13.2. The molecule has 0 N–H and O–H groups in total. The van der Waals surface area contributed by atoms with Gasteiger partial charge in [-0.3, -0.25) is 9.59 Å². The molecule has 32 heavy (non-hydrogen) atoms. The van der Waals surface area contributed by atoms with Crippen LogP contribution >= 0.6 is 0 Å². The quantitative estimate of drug-likeness (QED) is 0.417. The molecule has 0 saturated carbocycles. The molecule has 1 heterocycles. The fraction of sp³-hybridized carbons (Fsp3) is 0.630. The van der Waals surface area contributed by atoms with Crippen molar-refractivity contribution in [2.45, 2.75) is 97.7 Å². The van der Waals surface area contributed by atoms with Crippen LogP contribution in [0.4, 0.5) is 0 Å². The SMILES string of the molecule is CCCC[C@@H]1CC(C(=O)OC(C)(C)C)(C(=O)OC(C)(C)C)Cc2c1c1ccccc1n2C. The molecule has 0 aliphatic heterocycles. The van der Waals surface area contributed by atoms with Crippen molar-refractivity contribution in [1.29, 1.82) is 0 Å². The molecular formula is C27H39NO4. The van der Waals surface area contributed by atoms with Crippen LogP contribution in [0, 0.1) is 5.41 Å². The first kappa shape index (κ1) is 24.3. The van der Waals surface area contributed by atoms with Crippen molar-refractivity contribution < 1.29 is 19.1 Å². The first-order chi connectivity index (χ1) is 14.8. The summed E-state index contributed by atoms with van der Waals surface area (Å²) in [4.78, 5) is 27.4. The molecule has 0 amide bonds. The van der Waals surface area contributed by atoms with Gasteiger partial charge in [0.1, 0.15) is 11.2 Å². The maximum absolute atomic E-state index is 13.7. The molecular weight excluding hydrogens is 402 g/mol. The molecule has 1 aromatic heterocycles. The van der Waals surface area contributed by atoms with Crippen LogP contribution in [0.3, 0.4) is 0 Å². The van der Waals surface area contributed by atoms with Crippen molar-refractivity contribution in [3.63, 3.8) is 0 Å². The first-order valence-electron chi connectivity index (χ1n) is 11.8. The predicted molar refractivity (Wildman–Crippen MR) is 128 cm³/mol. The Labute approximate surface area is 192 Å². The minimum atomic E-state index is -1.35. The molecule has 5 heteroatoms. The van der Waals surface area contributed by atoms with Crippen LogP contribution in [0.15, 0.2) is 24.3 Å². The van der Waals surface area contributed by atoms with Crippen molar-refractivity contribution in [3.05, 3.63) is 35.5 Å². The zero-order chi connectivity index (χ0) is 23.9. The maximum Gasteiger partial charge on any atom is 0.324 e. The van der Waals surface area contributed by atoms with Crippen molar-refractivity contribution in [2.75, 3.05) is 0 Å². The number of ether oxygens (including phenoxy) is 2. The Morgan fingerprint density at radius 3 is 2.12 bits per heavy atom. The third-order valence-corrected chi connectivity index (χ3v) is 6.23. The van der Waals surface area contributed by atoms with Crippen molar-refractivity contribution in [2.24, 2.45) is 12.5 Å². The number of esters is 2. The number of rotatable bonds is 5. The van der Waals surface area contributed by atoms with Crippen LogP contribution in [-0.4, -0.2) is 27.7 Å². The summed E-state index contributed by atoms with van der Waals surface area (Å²) in [5, 5.41) is 1.22. The second-order valence-electron chi connectivity index (χ2n) is 11.2. The standard InChI is InChI=1S/C27H39NO4/c1-9-10-13-18-16-27(23(29)31-25(2,3)4,24(30)32-26(5,6)7)17-21-22(18)19-14-11-12-15-20(19)28(21)8/h11-12,14-15,18H,9-10,13,16-17H2,1-8H3/t18-/m1/s1. The number of para-hydroxylation sites is 1. The largest absolute Gasteiger partial charge is 0.459 e. The molecule has 5 nitrogen and oxygen atoms in total. The third kappa shape index (κ3) is 4.72. The summed E-state index contributed by atoms with van der Waals surface area (Å²) in [7, 11) is 2.03. The Morgan fingerprint density at radius 2 is 1.59 bits per heavy atom. The Bertz CT molecular complexity index is 975. The molecule has 1 aliphatic rings. The first-order valence-corrected chi connectivity index (χ1v) is 11.8. The highest BCUT2D eigenvalue weighted by Gasteiger charge is 2.55. The average molecular weight is 442 g/mol. The lowest BCUT2D eigenvalue weighted by Crippen LogP contribution is -2.50. The topological polar surface area (TPSA) is 57.5 Å². The van der Waals surface area contributed by atoms with E-state index in [1.807, 2.05) is 54.7 Å². The molecule has 0 bridgehead atoms. The number of unbranched alkanes of at least 4 members (excludes halogenated alkanes) is 1. The number of nitrogens with zero attached hydrogens (tertiary/aromatic N) is 1. The molecule has 2 aromatic rings. The number of carbonyl (C=O) groups is 2. The van der Waals surface area contributed by atoms with E-state index >= 15 is 0 Å². The Hall–Kier alpha value is -2.30. The molecule has 1 atom stereocenters. The molecule has 0 saturated heterocycles. The van der Waals surface area contributed by atoms with E-state index in [9.17, 15) is 9.59 Å². The van der Waals surface area contributed by atoms with E-state index in [4.69, 9.17) is 9.47 Å². The summed E-state index contributed by atoms with van der Waals surface area (Å²) in [5.74, 6) is -0.863. The van der Waals surface area contributed by atoms with Gasteiger partial charge in [-0.25, -0.2) is 0 Å². The monoisotopic (exact) mass is 441 g/mol. The molecule has 1 aromatic carbocycles. The van der Waals surface area contributed by atoms with Crippen LogP contribution in [0.1, 0.15) is 91.3 Å². The van der Waals surface area contributed by atoms with E-state index in [1.165, 1.54) is 10.9 Å². The van der Waals surface area contributed by atoms with Crippen molar-refractivity contribution >= 4 is 22.8 Å². The third-order valence-electron chi connectivity index (χ3n) is 6.23. The summed E-state index contributed by atoms with van der Waals surface area (Å²) in [5.41, 5.74) is 0.709. The van der Waals surface area contributed by atoms with Gasteiger partial charge >= 0.3 is 11.9 Å². The predicted octanol–water partition coefficient (Wildman–Crippen LogP) is 6.07.